The van der Waals surface area contributed by atoms with Crippen LogP contribution in [0.4, 0.5) is 0 Å². The van der Waals surface area contributed by atoms with Crippen molar-refractivity contribution >= 4 is 5.91 Å². The molecular formula is C21H23N3O2. The second-order valence-electron chi connectivity index (χ2n) is 6.73. The summed E-state index contributed by atoms with van der Waals surface area (Å²) >= 11 is 0. The van der Waals surface area contributed by atoms with Crippen molar-refractivity contribution in [3.05, 3.63) is 66.4 Å². The molecule has 0 fully saturated rings. The molecule has 5 heteroatoms. The van der Waals surface area contributed by atoms with Crippen LogP contribution in [0.25, 0.3) is 11.3 Å². The van der Waals surface area contributed by atoms with Gasteiger partial charge in [-0.25, -0.2) is 4.98 Å². The molecule has 134 valence electrons. The number of hydrogen-bond donors (Lipinski definition) is 0. The van der Waals surface area contributed by atoms with E-state index in [1.165, 1.54) is 5.69 Å². The summed E-state index contributed by atoms with van der Waals surface area (Å²) in [6.07, 6.45) is 5.79. The summed E-state index contributed by atoms with van der Waals surface area (Å²) in [6, 6.07) is 14.2. The van der Waals surface area contributed by atoms with E-state index in [1.54, 1.807) is 6.20 Å². The molecule has 1 aromatic carbocycles. The lowest BCUT2D eigenvalue weighted by atomic mass is 10.1. The quantitative estimate of drug-likeness (QED) is 0.698. The fourth-order valence-corrected chi connectivity index (χ4v) is 3.62. The number of carbonyl (C=O) groups excluding carboxylic acids is 1. The highest BCUT2D eigenvalue weighted by Gasteiger charge is 2.26. The molecule has 1 aliphatic heterocycles. The summed E-state index contributed by atoms with van der Waals surface area (Å²) < 4.78 is 8.04. The van der Waals surface area contributed by atoms with Gasteiger partial charge in [-0.05, 0) is 25.5 Å². The molecule has 0 unspecified atom stereocenters. The Bertz CT molecular complexity index is 882. The molecule has 0 saturated carbocycles. The van der Waals surface area contributed by atoms with Gasteiger partial charge < -0.3 is 13.9 Å². The SMILES string of the molecule is C[C@@H]1c2cccn2CCN1C(=O)CCCc1ncc(-c2ccccc2)o1. The van der Waals surface area contributed by atoms with Crippen molar-refractivity contribution in [3.8, 4) is 11.3 Å². The lowest BCUT2D eigenvalue weighted by molar-refractivity contribution is -0.134. The monoisotopic (exact) mass is 349 g/mol. The van der Waals surface area contributed by atoms with Crippen LogP contribution in [0.2, 0.25) is 0 Å². The molecule has 0 N–H and O–H groups in total. The number of nitrogens with zero attached hydrogens (tertiary/aromatic N) is 3. The number of oxazole rings is 1. The van der Waals surface area contributed by atoms with Crippen LogP contribution in [-0.4, -0.2) is 26.9 Å². The van der Waals surface area contributed by atoms with Crippen molar-refractivity contribution in [2.75, 3.05) is 6.54 Å². The predicted molar refractivity (Wildman–Crippen MR) is 99.4 cm³/mol. The Kier molecular flexibility index (Phi) is 4.61. The number of hydrogen-bond acceptors (Lipinski definition) is 3. The molecule has 0 radical (unpaired) electrons. The maximum absolute atomic E-state index is 12.6. The number of amides is 1. The van der Waals surface area contributed by atoms with Crippen LogP contribution in [0.1, 0.15) is 37.4 Å². The second kappa shape index (κ2) is 7.20. The van der Waals surface area contributed by atoms with Gasteiger partial charge in [0.05, 0.1) is 12.2 Å². The van der Waals surface area contributed by atoms with Gasteiger partial charge in [0.25, 0.3) is 0 Å². The third kappa shape index (κ3) is 3.29. The van der Waals surface area contributed by atoms with Gasteiger partial charge in [0.1, 0.15) is 0 Å². The van der Waals surface area contributed by atoms with Crippen LogP contribution < -0.4 is 0 Å². The van der Waals surface area contributed by atoms with Gasteiger partial charge in [-0.15, -0.1) is 0 Å². The molecule has 3 heterocycles. The summed E-state index contributed by atoms with van der Waals surface area (Å²) in [5.74, 6) is 1.68. The molecule has 1 amide bonds. The van der Waals surface area contributed by atoms with Crippen LogP contribution in [0, 0.1) is 0 Å². The highest BCUT2D eigenvalue weighted by atomic mass is 16.4. The second-order valence-corrected chi connectivity index (χ2v) is 6.73. The average molecular weight is 349 g/mol. The summed E-state index contributed by atoms with van der Waals surface area (Å²) in [5, 5.41) is 0. The van der Waals surface area contributed by atoms with Gasteiger partial charge in [0.15, 0.2) is 11.7 Å². The molecule has 0 aliphatic carbocycles. The summed E-state index contributed by atoms with van der Waals surface area (Å²) in [6.45, 7) is 3.75. The minimum absolute atomic E-state index is 0.137. The highest BCUT2D eigenvalue weighted by Crippen LogP contribution is 2.26. The van der Waals surface area contributed by atoms with Crippen molar-refractivity contribution < 1.29 is 9.21 Å². The van der Waals surface area contributed by atoms with E-state index in [0.29, 0.717) is 18.7 Å². The van der Waals surface area contributed by atoms with Crippen molar-refractivity contribution in [2.45, 2.75) is 38.8 Å². The van der Waals surface area contributed by atoms with Crippen molar-refractivity contribution in [3.63, 3.8) is 0 Å². The molecule has 1 aliphatic rings. The fourth-order valence-electron chi connectivity index (χ4n) is 3.62. The zero-order chi connectivity index (χ0) is 17.9. The topological polar surface area (TPSA) is 51.3 Å². The van der Waals surface area contributed by atoms with Crippen LogP contribution in [0.3, 0.4) is 0 Å². The summed E-state index contributed by atoms with van der Waals surface area (Å²) in [5.41, 5.74) is 2.23. The first-order chi connectivity index (χ1) is 12.7. The van der Waals surface area contributed by atoms with Crippen LogP contribution in [-0.2, 0) is 17.8 Å². The number of carbonyl (C=O) groups is 1. The van der Waals surface area contributed by atoms with Crippen LogP contribution in [0.5, 0.6) is 0 Å². The van der Waals surface area contributed by atoms with E-state index >= 15 is 0 Å². The first-order valence-corrected chi connectivity index (χ1v) is 9.17. The van der Waals surface area contributed by atoms with Gasteiger partial charge >= 0.3 is 0 Å². The number of aryl methyl sites for hydroxylation is 1. The van der Waals surface area contributed by atoms with E-state index in [1.807, 2.05) is 41.3 Å². The largest absolute Gasteiger partial charge is 0.441 e. The highest BCUT2D eigenvalue weighted by molar-refractivity contribution is 5.76. The van der Waals surface area contributed by atoms with Crippen molar-refractivity contribution in [1.82, 2.24) is 14.5 Å². The Balaban J connectivity index is 1.31. The molecule has 2 aromatic heterocycles. The van der Waals surface area contributed by atoms with E-state index in [9.17, 15) is 4.79 Å². The number of benzene rings is 1. The first-order valence-electron chi connectivity index (χ1n) is 9.17. The molecule has 5 nitrogen and oxygen atoms in total. The van der Waals surface area contributed by atoms with Crippen LogP contribution in [0.15, 0.2) is 59.3 Å². The molecule has 26 heavy (non-hydrogen) atoms. The lowest BCUT2D eigenvalue weighted by Crippen LogP contribution is -2.40. The molecule has 1 atom stereocenters. The average Bonchev–Trinajstić information content (AvgIpc) is 3.32. The van der Waals surface area contributed by atoms with Gasteiger partial charge in [-0.2, -0.15) is 0 Å². The molecule has 3 aromatic rings. The Hall–Kier alpha value is -2.82. The van der Waals surface area contributed by atoms with E-state index in [0.717, 1.165) is 30.8 Å². The molecule has 4 rings (SSSR count). The maximum atomic E-state index is 12.6. The fraction of sp³-hybridized carbons (Fsp3) is 0.333. The first kappa shape index (κ1) is 16.6. The van der Waals surface area contributed by atoms with Crippen LogP contribution >= 0.6 is 0 Å². The molecular weight excluding hydrogens is 326 g/mol. The predicted octanol–water partition coefficient (Wildman–Crippen LogP) is 4.07. The van der Waals surface area contributed by atoms with E-state index in [2.05, 4.69) is 28.7 Å². The Morgan fingerprint density at radius 2 is 2.04 bits per heavy atom. The van der Waals surface area contributed by atoms with Gasteiger partial charge in [0.2, 0.25) is 5.91 Å². The Morgan fingerprint density at radius 3 is 2.88 bits per heavy atom. The van der Waals surface area contributed by atoms with Crippen molar-refractivity contribution in [2.24, 2.45) is 0 Å². The Labute approximate surface area is 153 Å². The molecule has 0 saturated heterocycles. The zero-order valence-corrected chi connectivity index (χ0v) is 15.0. The third-order valence-electron chi connectivity index (χ3n) is 5.06. The minimum Gasteiger partial charge on any atom is -0.441 e. The normalized spacial score (nSPS) is 16.5. The van der Waals surface area contributed by atoms with Gasteiger partial charge in [-0.3, -0.25) is 4.79 Å². The third-order valence-corrected chi connectivity index (χ3v) is 5.06. The lowest BCUT2D eigenvalue weighted by Gasteiger charge is -2.35. The number of rotatable bonds is 5. The standard InChI is InChI=1S/C21H23N3O2/c1-16-18-9-6-12-23(18)13-14-24(16)21(25)11-5-10-20-22-15-19(26-20)17-7-3-2-4-8-17/h2-4,6-9,12,15-16H,5,10-11,13-14H2,1H3/t16-/m1/s1. The molecule has 0 spiro atoms. The van der Waals surface area contributed by atoms with E-state index < -0.39 is 0 Å². The zero-order valence-electron chi connectivity index (χ0n) is 15.0. The smallest absolute Gasteiger partial charge is 0.223 e. The van der Waals surface area contributed by atoms with E-state index in [4.69, 9.17) is 4.42 Å². The van der Waals surface area contributed by atoms with E-state index in [-0.39, 0.29) is 11.9 Å². The summed E-state index contributed by atoms with van der Waals surface area (Å²) in [7, 11) is 0. The Morgan fingerprint density at radius 1 is 1.19 bits per heavy atom. The number of aromatic nitrogens is 2. The van der Waals surface area contributed by atoms with Crippen molar-refractivity contribution in [1.29, 1.82) is 0 Å². The van der Waals surface area contributed by atoms with Gasteiger partial charge in [0, 0.05) is 43.4 Å². The summed E-state index contributed by atoms with van der Waals surface area (Å²) in [4.78, 5) is 19.0. The maximum Gasteiger partial charge on any atom is 0.223 e. The molecule has 0 bridgehead atoms. The number of fused-ring (bicyclic) bond motifs is 1. The minimum atomic E-state index is 0.137. The van der Waals surface area contributed by atoms with Gasteiger partial charge in [-0.1, -0.05) is 30.3 Å².